The molecule has 0 aliphatic carbocycles. The number of anilines is 2. The Morgan fingerprint density at radius 3 is 2.79 bits per heavy atom. The average Bonchev–Trinajstić information content (AvgIpc) is 2.53. The normalized spacial score (nSPS) is 10.9. The SMILES string of the molecule is CCCOC(=O)NS(=O)(=O)c1cnccc1Nc1cccc(C)c1. The molecule has 8 heteroatoms. The van der Waals surface area contributed by atoms with Gasteiger partial charge in [0.15, 0.2) is 0 Å². The zero-order chi connectivity index (χ0) is 17.6. The van der Waals surface area contributed by atoms with Gasteiger partial charge in [-0.2, -0.15) is 0 Å². The van der Waals surface area contributed by atoms with Crippen LogP contribution in [0.2, 0.25) is 0 Å². The Labute approximate surface area is 141 Å². The minimum absolute atomic E-state index is 0.139. The van der Waals surface area contributed by atoms with Crippen molar-refractivity contribution >= 4 is 27.5 Å². The van der Waals surface area contributed by atoms with E-state index >= 15 is 0 Å². The van der Waals surface area contributed by atoms with E-state index in [1.165, 1.54) is 18.5 Å². The van der Waals surface area contributed by atoms with E-state index in [4.69, 9.17) is 4.74 Å². The molecule has 1 aromatic carbocycles. The molecule has 0 unspecified atom stereocenters. The number of carbonyl (C=O) groups is 1. The molecule has 0 saturated heterocycles. The Balaban J connectivity index is 2.26. The first kappa shape index (κ1) is 17.7. The van der Waals surface area contributed by atoms with Gasteiger partial charge in [0.05, 0.1) is 12.3 Å². The van der Waals surface area contributed by atoms with Gasteiger partial charge in [-0.1, -0.05) is 19.1 Å². The Morgan fingerprint density at radius 1 is 1.29 bits per heavy atom. The molecule has 1 amide bonds. The van der Waals surface area contributed by atoms with E-state index in [1.807, 2.05) is 42.8 Å². The van der Waals surface area contributed by atoms with E-state index in [0.717, 1.165) is 11.3 Å². The van der Waals surface area contributed by atoms with Gasteiger partial charge in [-0.05, 0) is 37.1 Å². The van der Waals surface area contributed by atoms with Crippen molar-refractivity contribution in [3.05, 3.63) is 48.3 Å². The predicted molar refractivity (Wildman–Crippen MR) is 90.7 cm³/mol. The number of pyridine rings is 1. The Morgan fingerprint density at radius 2 is 2.08 bits per heavy atom. The molecule has 1 heterocycles. The number of benzene rings is 1. The summed E-state index contributed by atoms with van der Waals surface area (Å²) in [7, 11) is -4.10. The minimum atomic E-state index is -4.10. The maximum Gasteiger partial charge on any atom is 0.421 e. The second-order valence-corrected chi connectivity index (χ2v) is 6.76. The summed E-state index contributed by atoms with van der Waals surface area (Å²) < 4.78 is 31.4. The highest BCUT2D eigenvalue weighted by Gasteiger charge is 2.22. The summed E-state index contributed by atoms with van der Waals surface area (Å²) in [5.74, 6) is 0. The van der Waals surface area contributed by atoms with Crippen molar-refractivity contribution in [2.45, 2.75) is 25.2 Å². The van der Waals surface area contributed by atoms with Gasteiger partial charge in [0.1, 0.15) is 4.90 Å². The number of nitrogens with one attached hydrogen (secondary N) is 2. The maximum absolute atomic E-state index is 12.4. The molecule has 1 aromatic heterocycles. The molecular weight excluding hydrogens is 330 g/mol. The molecule has 0 fully saturated rings. The Kier molecular flexibility index (Phi) is 5.75. The summed E-state index contributed by atoms with van der Waals surface area (Å²) in [6.45, 7) is 3.89. The minimum Gasteiger partial charge on any atom is -0.449 e. The topological polar surface area (TPSA) is 97.4 Å². The van der Waals surface area contributed by atoms with Gasteiger partial charge < -0.3 is 10.1 Å². The van der Waals surface area contributed by atoms with E-state index in [0.29, 0.717) is 12.1 Å². The van der Waals surface area contributed by atoms with Crippen LogP contribution in [0.1, 0.15) is 18.9 Å². The number of ether oxygens (including phenoxy) is 1. The number of nitrogens with zero attached hydrogens (tertiary/aromatic N) is 1. The first-order chi connectivity index (χ1) is 11.4. The average molecular weight is 349 g/mol. The number of amides is 1. The first-order valence-corrected chi connectivity index (χ1v) is 8.88. The number of rotatable bonds is 6. The van der Waals surface area contributed by atoms with Crippen LogP contribution in [0.5, 0.6) is 0 Å². The summed E-state index contributed by atoms with van der Waals surface area (Å²) in [6, 6.07) is 8.99. The predicted octanol–water partition coefficient (Wildman–Crippen LogP) is 2.96. The van der Waals surface area contributed by atoms with Crippen LogP contribution in [-0.4, -0.2) is 26.1 Å². The largest absolute Gasteiger partial charge is 0.449 e. The van der Waals surface area contributed by atoms with Crippen molar-refractivity contribution in [2.75, 3.05) is 11.9 Å². The lowest BCUT2D eigenvalue weighted by Crippen LogP contribution is -2.31. The van der Waals surface area contributed by atoms with Crippen molar-refractivity contribution < 1.29 is 17.9 Å². The molecule has 0 bridgehead atoms. The van der Waals surface area contributed by atoms with Crippen molar-refractivity contribution in [3.63, 3.8) is 0 Å². The zero-order valence-corrected chi connectivity index (χ0v) is 14.3. The van der Waals surface area contributed by atoms with Gasteiger partial charge in [0.25, 0.3) is 10.0 Å². The number of hydrogen-bond acceptors (Lipinski definition) is 6. The van der Waals surface area contributed by atoms with Crippen LogP contribution < -0.4 is 10.0 Å². The third kappa shape index (κ3) is 4.69. The lowest BCUT2D eigenvalue weighted by atomic mass is 10.2. The van der Waals surface area contributed by atoms with Gasteiger partial charge >= 0.3 is 6.09 Å². The summed E-state index contributed by atoms with van der Waals surface area (Å²) in [4.78, 5) is 15.2. The fourth-order valence-corrected chi connectivity index (χ4v) is 2.96. The monoisotopic (exact) mass is 349 g/mol. The molecule has 0 aliphatic rings. The van der Waals surface area contributed by atoms with E-state index < -0.39 is 16.1 Å². The van der Waals surface area contributed by atoms with Crippen molar-refractivity contribution in [1.82, 2.24) is 9.71 Å². The van der Waals surface area contributed by atoms with Gasteiger partial charge in [-0.3, -0.25) is 4.98 Å². The highest BCUT2D eigenvalue weighted by atomic mass is 32.2. The van der Waals surface area contributed by atoms with Gasteiger partial charge in [-0.25, -0.2) is 17.9 Å². The summed E-state index contributed by atoms with van der Waals surface area (Å²) in [5, 5.41) is 3.02. The number of aromatic nitrogens is 1. The fourth-order valence-electron chi connectivity index (χ4n) is 1.96. The van der Waals surface area contributed by atoms with Crippen LogP contribution in [0.25, 0.3) is 0 Å². The quantitative estimate of drug-likeness (QED) is 0.832. The first-order valence-electron chi connectivity index (χ1n) is 7.39. The molecule has 0 saturated carbocycles. The van der Waals surface area contributed by atoms with Gasteiger partial charge in [0.2, 0.25) is 0 Å². The molecule has 7 nitrogen and oxygen atoms in total. The smallest absolute Gasteiger partial charge is 0.421 e. The highest BCUT2D eigenvalue weighted by molar-refractivity contribution is 7.90. The van der Waals surface area contributed by atoms with Gasteiger partial charge in [0, 0.05) is 18.1 Å². The molecule has 24 heavy (non-hydrogen) atoms. The van der Waals surface area contributed by atoms with Crippen molar-refractivity contribution in [3.8, 4) is 0 Å². The summed E-state index contributed by atoms with van der Waals surface area (Å²) >= 11 is 0. The molecule has 0 radical (unpaired) electrons. The Hall–Kier alpha value is -2.61. The van der Waals surface area contributed by atoms with E-state index in [1.54, 1.807) is 0 Å². The van der Waals surface area contributed by atoms with Crippen molar-refractivity contribution in [2.24, 2.45) is 0 Å². The van der Waals surface area contributed by atoms with E-state index in [9.17, 15) is 13.2 Å². The second-order valence-electron chi connectivity index (χ2n) is 5.11. The molecular formula is C16H19N3O4S. The van der Waals surface area contributed by atoms with Crippen molar-refractivity contribution in [1.29, 1.82) is 0 Å². The second kappa shape index (κ2) is 7.78. The molecule has 0 atom stereocenters. The lowest BCUT2D eigenvalue weighted by Gasteiger charge is -2.13. The molecule has 0 spiro atoms. The third-order valence-electron chi connectivity index (χ3n) is 3.03. The van der Waals surface area contributed by atoms with Crippen LogP contribution in [0, 0.1) is 6.92 Å². The molecule has 2 rings (SSSR count). The van der Waals surface area contributed by atoms with E-state index in [2.05, 4.69) is 10.3 Å². The van der Waals surface area contributed by atoms with Crippen LogP contribution in [0.3, 0.4) is 0 Å². The number of aryl methyl sites for hydroxylation is 1. The summed E-state index contributed by atoms with van der Waals surface area (Å²) in [6.07, 6.45) is 2.22. The number of sulfonamides is 1. The van der Waals surface area contributed by atoms with Crippen LogP contribution in [-0.2, 0) is 14.8 Å². The highest BCUT2D eigenvalue weighted by Crippen LogP contribution is 2.24. The van der Waals surface area contributed by atoms with Crippen LogP contribution >= 0.6 is 0 Å². The van der Waals surface area contributed by atoms with Gasteiger partial charge in [-0.15, -0.1) is 0 Å². The zero-order valence-electron chi connectivity index (χ0n) is 13.4. The number of hydrogen-bond donors (Lipinski definition) is 2. The fraction of sp³-hybridized carbons (Fsp3) is 0.250. The molecule has 2 aromatic rings. The Bertz CT molecular complexity index is 822. The maximum atomic E-state index is 12.4. The van der Waals surface area contributed by atoms with Crippen LogP contribution in [0.4, 0.5) is 16.2 Å². The molecule has 0 aliphatic heterocycles. The standard InChI is InChI=1S/C16H19N3O4S/c1-3-9-23-16(20)19-24(21,22)15-11-17-8-7-14(15)18-13-6-4-5-12(2)10-13/h4-8,10-11H,3,9H2,1-2H3,(H,17,18)(H,19,20). The molecule has 2 N–H and O–H groups in total. The summed E-state index contributed by atoms with van der Waals surface area (Å²) in [5.41, 5.74) is 2.07. The number of carbonyl (C=O) groups excluding carboxylic acids is 1. The third-order valence-corrected chi connectivity index (χ3v) is 4.37. The lowest BCUT2D eigenvalue weighted by molar-refractivity contribution is 0.152. The molecule has 128 valence electrons. The van der Waals surface area contributed by atoms with E-state index in [-0.39, 0.29) is 11.5 Å². The van der Waals surface area contributed by atoms with Crippen LogP contribution in [0.15, 0.2) is 47.6 Å².